The molecule has 1 aromatic heterocycles. The number of nitrogens with one attached hydrogen (secondary N) is 1. The van der Waals surface area contributed by atoms with E-state index in [0.29, 0.717) is 5.56 Å². The molecular formula is C13H18N4. The summed E-state index contributed by atoms with van der Waals surface area (Å²) in [6.45, 7) is 8.99. The van der Waals surface area contributed by atoms with E-state index in [2.05, 4.69) is 35.1 Å². The Labute approximate surface area is 102 Å². The largest absolute Gasteiger partial charge is 0.352 e. The van der Waals surface area contributed by atoms with E-state index in [1.807, 2.05) is 13.0 Å². The number of aryl methyl sites for hydroxylation is 1. The predicted molar refractivity (Wildman–Crippen MR) is 68.0 cm³/mol. The number of nitrogens with zero attached hydrogens (tertiary/aromatic N) is 3. The van der Waals surface area contributed by atoms with Crippen LogP contribution in [0, 0.1) is 18.3 Å². The zero-order valence-corrected chi connectivity index (χ0v) is 10.6. The number of rotatable bonds is 1. The van der Waals surface area contributed by atoms with E-state index in [-0.39, 0.29) is 5.54 Å². The van der Waals surface area contributed by atoms with Crippen molar-refractivity contribution in [2.45, 2.75) is 26.3 Å². The lowest BCUT2D eigenvalue weighted by molar-refractivity contribution is 0.351. The van der Waals surface area contributed by atoms with Gasteiger partial charge in [-0.25, -0.2) is 4.98 Å². The fourth-order valence-electron chi connectivity index (χ4n) is 2.24. The maximum Gasteiger partial charge on any atom is 0.146 e. The van der Waals surface area contributed by atoms with E-state index < -0.39 is 0 Å². The fourth-order valence-corrected chi connectivity index (χ4v) is 2.24. The van der Waals surface area contributed by atoms with Gasteiger partial charge in [-0.1, -0.05) is 0 Å². The molecule has 1 saturated heterocycles. The molecule has 0 aliphatic carbocycles. The van der Waals surface area contributed by atoms with Crippen LogP contribution in [0.5, 0.6) is 0 Å². The number of pyridine rings is 1. The Morgan fingerprint density at radius 2 is 2.29 bits per heavy atom. The molecule has 1 aliphatic rings. The van der Waals surface area contributed by atoms with Crippen LogP contribution in [0.3, 0.4) is 0 Å². The lowest BCUT2D eigenvalue weighted by Crippen LogP contribution is -2.57. The van der Waals surface area contributed by atoms with Crippen LogP contribution in [0.4, 0.5) is 5.82 Å². The number of hydrogen-bond acceptors (Lipinski definition) is 4. The van der Waals surface area contributed by atoms with Crippen LogP contribution in [0.25, 0.3) is 0 Å². The van der Waals surface area contributed by atoms with Gasteiger partial charge < -0.3 is 10.2 Å². The number of anilines is 1. The van der Waals surface area contributed by atoms with Gasteiger partial charge in [-0.05, 0) is 32.4 Å². The quantitative estimate of drug-likeness (QED) is 0.793. The lowest BCUT2D eigenvalue weighted by atomic mass is 10.0. The average Bonchev–Trinajstić information content (AvgIpc) is 2.27. The topological polar surface area (TPSA) is 52.0 Å². The normalized spacial score (nSPS) is 18.8. The van der Waals surface area contributed by atoms with Gasteiger partial charge in [0.1, 0.15) is 11.9 Å². The second-order valence-electron chi connectivity index (χ2n) is 5.17. The highest BCUT2D eigenvalue weighted by molar-refractivity contribution is 5.57. The minimum Gasteiger partial charge on any atom is -0.352 e. The molecule has 0 aromatic carbocycles. The third kappa shape index (κ3) is 2.40. The number of nitriles is 1. The molecule has 0 radical (unpaired) electrons. The summed E-state index contributed by atoms with van der Waals surface area (Å²) in [6, 6.07) is 4.15. The first-order chi connectivity index (χ1) is 8.03. The van der Waals surface area contributed by atoms with E-state index >= 15 is 0 Å². The summed E-state index contributed by atoms with van der Waals surface area (Å²) in [5.41, 5.74) is 1.76. The van der Waals surface area contributed by atoms with Gasteiger partial charge in [0, 0.05) is 31.4 Å². The zero-order chi connectivity index (χ0) is 12.5. The Morgan fingerprint density at radius 1 is 1.53 bits per heavy atom. The molecule has 2 heterocycles. The van der Waals surface area contributed by atoms with Crippen molar-refractivity contribution >= 4 is 5.82 Å². The third-order valence-electron chi connectivity index (χ3n) is 3.12. The van der Waals surface area contributed by atoms with Crippen LogP contribution in [0.15, 0.2) is 12.3 Å². The monoisotopic (exact) mass is 230 g/mol. The summed E-state index contributed by atoms with van der Waals surface area (Å²) in [6.07, 6.45) is 1.78. The maximum absolute atomic E-state index is 9.23. The molecule has 1 aromatic rings. The zero-order valence-electron chi connectivity index (χ0n) is 10.6. The number of aromatic nitrogens is 1. The molecule has 1 aliphatic heterocycles. The van der Waals surface area contributed by atoms with Crippen LogP contribution >= 0.6 is 0 Å². The van der Waals surface area contributed by atoms with Crippen molar-refractivity contribution in [2.75, 3.05) is 24.5 Å². The van der Waals surface area contributed by atoms with Crippen molar-refractivity contribution in [3.8, 4) is 6.07 Å². The molecule has 0 atom stereocenters. The Morgan fingerprint density at radius 3 is 2.94 bits per heavy atom. The summed E-state index contributed by atoms with van der Waals surface area (Å²) in [7, 11) is 0. The van der Waals surface area contributed by atoms with Crippen molar-refractivity contribution in [1.29, 1.82) is 5.26 Å². The molecule has 1 fully saturated rings. The standard InChI is InChI=1S/C13H18N4/c1-10-4-5-15-12(11(10)8-14)17-7-6-16-13(2,3)9-17/h4-5,16H,6-7,9H2,1-3H3. The Bertz CT molecular complexity index is 459. The molecule has 0 amide bonds. The van der Waals surface area contributed by atoms with E-state index in [0.717, 1.165) is 31.0 Å². The van der Waals surface area contributed by atoms with Crippen LogP contribution < -0.4 is 10.2 Å². The van der Waals surface area contributed by atoms with Gasteiger partial charge >= 0.3 is 0 Å². The smallest absolute Gasteiger partial charge is 0.146 e. The summed E-state index contributed by atoms with van der Waals surface area (Å²) < 4.78 is 0. The van der Waals surface area contributed by atoms with E-state index in [4.69, 9.17) is 0 Å². The SMILES string of the molecule is Cc1ccnc(N2CCNC(C)(C)C2)c1C#N. The molecule has 0 bridgehead atoms. The molecule has 0 unspecified atom stereocenters. The molecule has 4 heteroatoms. The van der Waals surface area contributed by atoms with Crippen molar-refractivity contribution in [3.05, 3.63) is 23.4 Å². The van der Waals surface area contributed by atoms with Gasteiger partial charge in [0.15, 0.2) is 0 Å². The molecule has 4 nitrogen and oxygen atoms in total. The van der Waals surface area contributed by atoms with Crippen LogP contribution in [-0.4, -0.2) is 30.2 Å². The first kappa shape index (κ1) is 11.9. The summed E-state index contributed by atoms with van der Waals surface area (Å²) in [4.78, 5) is 6.57. The van der Waals surface area contributed by atoms with Gasteiger partial charge in [-0.3, -0.25) is 0 Å². The highest BCUT2D eigenvalue weighted by Crippen LogP contribution is 2.23. The Kier molecular flexibility index (Phi) is 3.03. The minimum absolute atomic E-state index is 0.0659. The van der Waals surface area contributed by atoms with Crippen molar-refractivity contribution < 1.29 is 0 Å². The van der Waals surface area contributed by atoms with Crippen molar-refractivity contribution in [1.82, 2.24) is 10.3 Å². The summed E-state index contributed by atoms with van der Waals surface area (Å²) in [5, 5.41) is 12.7. The summed E-state index contributed by atoms with van der Waals surface area (Å²) in [5.74, 6) is 0.821. The molecule has 0 saturated carbocycles. The molecule has 90 valence electrons. The van der Waals surface area contributed by atoms with Crippen molar-refractivity contribution in [3.63, 3.8) is 0 Å². The van der Waals surface area contributed by atoms with Gasteiger partial charge in [0.2, 0.25) is 0 Å². The predicted octanol–water partition coefficient (Wildman–Crippen LogP) is 1.45. The minimum atomic E-state index is 0.0659. The van der Waals surface area contributed by atoms with Gasteiger partial charge in [-0.2, -0.15) is 5.26 Å². The Balaban J connectivity index is 2.35. The van der Waals surface area contributed by atoms with Gasteiger partial charge in [0.05, 0.1) is 5.56 Å². The van der Waals surface area contributed by atoms with Crippen LogP contribution in [0.2, 0.25) is 0 Å². The van der Waals surface area contributed by atoms with Crippen LogP contribution in [0.1, 0.15) is 25.0 Å². The van der Waals surface area contributed by atoms with Gasteiger partial charge in [0.25, 0.3) is 0 Å². The molecule has 2 rings (SSSR count). The highest BCUT2D eigenvalue weighted by Gasteiger charge is 2.27. The number of hydrogen-bond donors (Lipinski definition) is 1. The van der Waals surface area contributed by atoms with Crippen molar-refractivity contribution in [2.24, 2.45) is 0 Å². The fraction of sp³-hybridized carbons (Fsp3) is 0.538. The first-order valence-electron chi connectivity index (χ1n) is 5.89. The first-order valence-corrected chi connectivity index (χ1v) is 5.89. The second kappa shape index (κ2) is 4.34. The number of piperazine rings is 1. The van der Waals surface area contributed by atoms with E-state index in [9.17, 15) is 5.26 Å². The average molecular weight is 230 g/mol. The lowest BCUT2D eigenvalue weighted by Gasteiger charge is -2.40. The molecule has 0 spiro atoms. The van der Waals surface area contributed by atoms with Gasteiger partial charge in [-0.15, -0.1) is 0 Å². The highest BCUT2D eigenvalue weighted by atomic mass is 15.3. The Hall–Kier alpha value is -1.60. The van der Waals surface area contributed by atoms with Crippen LogP contribution in [-0.2, 0) is 0 Å². The molecule has 17 heavy (non-hydrogen) atoms. The van der Waals surface area contributed by atoms with E-state index in [1.54, 1.807) is 6.20 Å². The summed E-state index contributed by atoms with van der Waals surface area (Å²) >= 11 is 0. The maximum atomic E-state index is 9.23. The van der Waals surface area contributed by atoms with E-state index in [1.165, 1.54) is 0 Å². The molecule has 1 N–H and O–H groups in total. The second-order valence-corrected chi connectivity index (χ2v) is 5.17. The molecular weight excluding hydrogens is 212 g/mol. The third-order valence-corrected chi connectivity index (χ3v) is 3.12.